The number of hydrogen-bond donors (Lipinski definition) is 1. The van der Waals surface area contributed by atoms with Crippen LogP contribution >= 0.6 is 7.60 Å². The van der Waals surface area contributed by atoms with E-state index in [9.17, 15) is 9.46 Å². The third-order valence-corrected chi connectivity index (χ3v) is 7.43. The number of unbranched alkanes of at least 4 members (excludes halogenated alkanes) is 10. The van der Waals surface area contributed by atoms with E-state index in [0.717, 1.165) is 19.3 Å². The number of quaternary nitrogens is 1. The molecule has 0 radical (unpaired) electrons. The molecule has 0 aliphatic rings. The molecule has 0 amide bonds. The van der Waals surface area contributed by atoms with Crippen LogP contribution < -0.4 is 0 Å². The zero-order chi connectivity index (χ0) is 20.6. The van der Waals surface area contributed by atoms with Crippen LogP contribution in [0.25, 0.3) is 0 Å². The van der Waals surface area contributed by atoms with Gasteiger partial charge in [0.25, 0.3) is 0 Å². The van der Waals surface area contributed by atoms with Crippen LogP contribution in [0.4, 0.5) is 0 Å². The Bertz CT molecular complexity index is 418. The van der Waals surface area contributed by atoms with E-state index in [1.54, 1.807) is 0 Å². The van der Waals surface area contributed by atoms with Gasteiger partial charge in [0.15, 0.2) is 5.78 Å². The molecule has 0 aromatic carbocycles. The van der Waals surface area contributed by atoms with E-state index in [1.807, 2.05) is 28.1 Å². The van der Waals surface area contributed by atoms with E-state index in [2.05, 4.69) is 19.1 Å². The van der Waals surface area contributed by atoms with Crippen molar-refractivity contribution in [3.05, 3.63) is 12.2 Å². The van der Waals surface area contributed by atoms with Gasteiger partial charge in [-0.05, 0) is 25.7 Å². The van der Waals surface area contributed by atoms with Gasteiger partial charge in [-0.3, -0.25) is 4.57 Å². The van der Waals surface area contributed by atoms with Gasteiger partial charge < -0.3 is 13.9 Å². The summed E-state index contributed by atoms with van der Waals surface area (Å²) in [5.41, 5.74) is 0. The minimum absolute atomic E-state index is 0.354. The predicted molar refractivity (Wildman–Crippen MR) is 118 cm³/mol. The van der Waals surface area contributed by atoms with Gasteiger partial charge in [0.2, 0.25) is 0 Å². The normalized spacial score (nSPS) is 15.9. The van der Waals surface area contributed by atoms with E-state index in [-0.39, 0.29) is 5.78 Å². The largest absolute Gasteiger partial charge is 0.385 e. The molecule has 0 aromatic heterocycles. The molecule has 2 atom stereocenters. The van der Waals surface area contributed by atoms with Gasteiger partial charge >= 0.3 is 7.60 Å². The summed E-state index contributed by atoms with van der Waals surface area (Å²) < 4.78 is 18.3. The summed E-state index contributed by atoms with van der Waals surface area (Å²) in [4.78, 5) is 10.2. The highest BCUT2D eigenvalue weighted by molar-refractivity contribution is 7.53. The standard InChI is InChI=1S/C22H46NO3P/c1-6-8-9-10-11-12-13-14-15-16-17-18-19-20-21-26-27(24,25)22(7-2)23(3,4)5/h17-18,22H,6-16,19-21H2,1-5H3/p+1/b18-17-. The maximum atomic E-state index is 12.4. The van der Waals surface area contributed by atoms with Crippen molar-refractivity contribution in [3.8, 4) is 0 Å². The van der Waals surface area contributed by atoms with E-state index in [0.29, 0.717) is 17.5 Å². The van der Waals surface area contributed by atoms with E-state index in [4.69, 9.17) is 4.52 Å². The van der Waals surface area contributed by atoms with Crippen LogP contribution in [-0.2, 0) is 9.09 Å². The molecular formula is C22H47NO3P+. The highest BCUT2D eigenvalue weighted by Crippen LogP contribution is 2.51. The van der Waals surface area contributed by atoms with Crippen molar-refractivity contribution in [2.45, 2.75) is 103 Å². The van der Waals surface area contributed by atoms with E-state index >= 15 is 0 Å². The van der Waals surface area contributed by atoms with Crippen LogP contribution in [0.5, 0.6) is 0 Å². The van der Waals surface area contributed by atoms with Crippen LogP contribution in [0.3, 0.4) is 0 Å². The molecular weight excluding hydrogens is 357 g/mol. The summed E-state index contributed by atoms with van der Waals surface area (Å²) in [6.07, 6.45) is 20.2. The smallest absolute Gasteiger partial charge is 0.320 e. The van der Waals surface area contributed by atoms with Crippen molar-refractivity contribution in [2.75, 3.05) is 27.7 Å². The van der Waals surface area contributed by atoms with Gasteiger partial charge in [-0.2, -0.15) is 0 Å². The zero-order valence-electron chi connectivity index (χ0n) is 18.8. The van der Waals surface area contributed by atoms with Crippen LogP contribution in [0, 0.1) is 0 Å². The van der Waals surface area contributed by atoms with Crippen LogP contribution in [0.15, 0.2) is 12.2 Å². The Hall–Kier alpha value is -0.150. The van der Waals surface area contributed by atoms with E-state index < -0.39 is 7.60 Å². The van der Waals surface area contributed by atoms with Crippen molar-refractivity contribution >= 4 is 7.60 Å². The second kappa shape index (κ2) is 15.7. The minimum Gasteiger partial charge on any atom is -0.320 e. The average molecular weight is 405 g/mol. The first-order valence-electron chi connectivity index (χ1n) is 11.2. The summed E-state index contributed by atoms with van der Waals surface area (Å²) >= 11 is 0. The second-order valence-electron chi connectivity index (χ2n) is 8.63. The zero-order valence-corrected chi connectivity index (χ0v) is 19.7. The van der Waals surface area contributed by atoms with E-state index in [1.165, 1.54) is 57.8 Å². The van der Waals surface area contributed by atoms with Crippen molar-refractivity contribution in [3.63, 3.8) is 0 Å². The number of hydrogen-bond acceptors (Lipinski definition) is 2. The molecule has 27 heavy (non-hydrogen) atoms. The Balaban J connectivity index is 3.64. The van der Waals surface area contributed by atoms with Crippen molar-refractivity contribution in [1.29, 1.82) is 0 Å². The predicted octanol–water partition coefficient (Wildman–Crippen LogP) is 6.89. The first kappa shape index (κ1) is 26.9. The Morgan fingerprint density at radius 3 is 1.81 bits per heavy atom. The molecule has 0 spiro atoms. The highest BCUT2D eigenvalue weighted by Gasteiger charge is 2.41. The Morgan fingerprint density at radius 1 is 0.852 bits per heavy atom. The van der Waals surface area contributed by atoms with Gasteiger partial charge in [0, 0.05) is 6.42 Å². The fraction of sp³-hybridized carbons (Fsp3) is 0.909. The molecule has 162 valence electrons. The van der Waals surface area contributed by atoms with Crippen LogP contribution in [0.1, 0.15) is 97.3 Å². The molecule has 0 aliphatic heterocycles. The average Bonchev–Trinajstić information content (AvgIpc) is 2.57. The summed E-state index contributed by atoms with van der Waals surface area (Å²) in [5.74, 6) is -0.361. The molecule has 0 fully saturated rings. The molecule has 0 aromatic rings. The lowest BCUT2D eigenvalue weighted by atomic mass is 10.1. The van der Waals surface area contributed by atoms with Crippen molar-refractivity contribution < 1.29 is 18.5 Å². The molecule has 2 unspecified atom stereocenters. The number of nitrogens with zero attached hydrogens (tertiary/aromatic N) is 1. The summed E-state index contributed by atoms with van der Waals surface area (Å²) in [6.45, 7) is 4.56. The van der Waals surface area contributed by atoms with Gasteiger partial charge in [-0.15, -0.1) is 0 Å². The van der Waals surface area contributed by atoms with Crippen molar-refractivity contribution in [2.24, 2.45) is 0 Å². The lowest BCUT2D eigenvalue weighted by molar-refractivity contribution is -0.883. The fourth-order valence-electron chi connectivity index (χ4n) is 3.51. The number of allylic oxidation sites excluding steroid dienone is 2. The highest BCUT2D eigenvalue weighted by atomic mass is 31.2. The molecule has 0 rings (SSSR count). The number of rotatable bonds is 18. The maximum absolute atomic E-state index is 12.4. The SMILES string of the molecule is CCCCCCCCCCC/C=C\CCCOP(=O)(O)C(CC)[N+](C)(C)C. The summed E-state index contributed by atoms with van der Waals surface area (Å²) in [7, 11) is 2.26. The molecule has 0 heterocycles. The summed E-state index contributed by atoms with van der Waals surface area (Å²) in [6, 6.07) is 0. The second-order valence-corrected chi connectivity index (χ2v) is 10.6. The summed E-state index contributed by atoms with van der Waals surface area (Å²) in [5, 5.41) is 0. The molecule has 4 nitrogen and oxygen atoms in total. The molecule has 1 N–H and O–H groups in total. The molecule has 0 saturated carbocycles. The molecule has 0 bridgehead atoms. The lowest BCUT2D eigenvalue weighted by Crippen LogP contribution is -2.44. The van der Waals surface area contributed by atoms with Crippen LogP contribution in [-0.4, -0.2) is 42.9 Å². The molecule has 0 aliphatic carbocycles. The third-order valence-electron chi connectivity index (χ3n) is 5.07. The Morgan fingerprint density at radius 2 is 1.33 bits per heavy atom. The van der Waals surface area contributed by atoms with Gasteiger partial charge in [-0.1, -0.05) is 77.4 Å². The topological polar surface area (TPSA) is 46.5 Å². The van der Waals surface area contributed by atoms with Crippen LogP contribution in [0.2, 0.25) is 0 Å². The molecule has 0 saturated heterocycles. The van der Waals surface area contributed by atoms with Gasteiger partial charge in [0.1, 0.15) is 0 Å². The molecule has 5 heteroatoms. The Labute approximate surface area is 169 Å². The lowest BCUT2D eigenvalue weighted by Gasteiger charge is -2.35. The third kappa shape index (κ3) is 14.5. The first-order valence-corrected chi connectivity index (χ1v) is 12.8. The quantitative estimate of drug-likeness (QED) is 0.117. The van der Waals surface area contributed by atoms with Crippen molar-refractivity contribution in [1.82, 2.24) is 0 Å². The monoisotopic (exact) mass is 404 g/mol. The van der Waals surface area contributed by atoms with Gasteiger partial charge in [-0.25, -0.2) is 0 Å². The minimum atomic E-state index is -3.56. The fourth-order valence-corrected chi connectivity index (χ4v) is 5.41. The first-order chi connectivity index (χ1) is 12.8. The Kier molecular flexibility index (Phi) is 15.6. The maximum Gasteiger partial charge on any atom is 0.385 e. The van der Waals surface area contributed by atoms with Gasteiger partial charge in [0.05, 0.1) is 27.7 Å².